The van der Waals surface area contributed by atoms with Crippen LogP contribution >= 0.6 is 0 Å². The van der Waals surface area contributed by atoms with Gasteiger partial charge in [-0.25, -0.2) is 17.6 Å². The van der Waals surface area contributed by atoms with E-state index in [1.807, 2.05) is 0 Å². The normalized spacial score (nSPS) is 16.5. The van der Waals surface area contributed by atoms with Gasteiger partial charge in [-0.05, 0) is 49.4 Å². The van der Waals surface area contributed by atoms with Crippen molar-refractivity contribution >= 4 is 33.4 Å². The number of carbonyl (C=O) groups excluding carboxylic acids is 2. The van der Waals surface area contributed by atoms with Crippen LogP contribution in [0.2, 0.25) is 0 Å². The molecule has 0 bridgehead atoms. The summed E-state index contributed by atoms with van der Waals surface area (Å²) in [7, 11) is -4.31. The number of nitrogens with one attached hydrogen (secondary N) is 2. The van der Waals surface area contributed by atoms with E-state index in [2.05, 4.69) is 10.6 Å². The zero-order valence-electron chi connectivity index (χ0n) is 21.7. The van der Waals surface area contributed by atoms with Crippen molar-refractivity contribution in [2.75, 3.05) is 22.7 Å². The van der Waals surface area contributed by atoms with E-state index < -0.39 is 39.8 Å². The second kappa shape index (κ2) is 11.3. The average Bonchev–Trinajstić information content (AvgIpc) is 2.91. The first-order valence-corrected chi connectivity index (χ1v) is 13.6. The molecule has 9 nitrogen and oxygen atoms in total. The molecule has 2 N–H and O–H groups in total. The molecular formula is C27H25F4N3O6S. The fourth-order valence-corrected chi connectivity index (χ4v) is 5.58. The largest absolute Gasteiger partial charge is 0.484 e. The van der Waals surface area contributed by atoms with Crippen molar-refractivity contribution in [1.82, 2.24) is 5.32 Å². The van der Waals surface area contributed by atoms with Gasteiger partial charge in [-0.2, -0.15) is 13.2 Å². The van der Waals surface area contributed by atoms with Crippen molar-refractivity contribution in [3.05, 3.63) is 84.2 Å². The van der Waals surface area contributed by atoms with E-state index in [4.69, 9.17) is 9.47 Å². The van der Waals surface area contributed by atoms with Crippen LogP contribution in [0.25, 0.3) is 0 Å². The number of halogens is 4. The number of ether oxygens (including phenoxy) is 2. The van der Waals surface area contributed by atoms with E-state index in [0.717, 1.165) is 35.5 Å². The summed E-state index contributed by atoms with van der Waals surface area (Å²) in [5, 5.41) is 4.76. The van der Waals surface area contributed by atoms with E-state index >= 15 is 0 Å². The highest BCUT2D eigenvalue weighted by Gasteiger charge is 2.56. The molecule has 0 radical (unpaired) electrons. The molecule has 2 amide bonds. The Bertz CT molecular complexity index is 1530. The van der Waals surface area contributed by atoms with Gasteiger partial charge in [0.25, 0.3) is 10.0 Å². The molecule has 0 saturated heterocycles. The number of nitrogens with zero attached hydrogens (tertiary/aromatic N) is 1. The van der Waals surface area contributed by atoms with Gasteiger partial charge in [0.1, 0.15) is 17.7 Å². The third kappa shape index (κ3) is 6.37. The first-order valence-electron chi connectivity index (χ1n) is 12.2. The molecule has 1 heterocycles. The molecule has 0 saturated carbocycles. The topological polar surface area (TPSA) is 114 Å². The summed E-state index contributed by atoms with van der Waals surface area (Å²) in [6.45, 7) is 1.68. The van der Waals surface area contributed by atoms with Crippen LogP contribution in [0, 0.1) is 5.82 Å². The number of benzene rings is 3. The van der Waals surface area contributed by atoms with E-state index in [0.29, 0.717) is 0 Å². The number of rotatable bonds is 7. The summed E-state index contributed by atoms with van der Waals surface area (Å²) in [5.74, 6) is -0.964. The highest BCUT2D eigenvalue weighted by Crippen LogP contribution is 2.43. The average molecular weight is 596 g/mol. The van der Waals surface area contributed by atoms with Gasteiger partial charge in [-0.1, -0.05) is 30.3 Å². The first-order chi connectivity index (χ1) is 19.2. The van der Waals surface area contributed by atoms with Crippen LogP contribution in [0.15, 0.2) is 77.7 Å². The molecule has 3 aromatic carbocycles. The van der Waals surface area contributed by atoms with E-state index in [1.54, 1.807) is 0 Å². The molecule has 1 aliphatic rings. The first kappa shape index (κ1) is 29.6. The molecule has 14 heteroatoms. The fraction of sp³-hybridized carbons (Fsp3) is 0.259. The molecular weight excluding hydrogens is 570 g/mol. The summed E-state index contributed by atoms with van der Waals surface area (Å²) in [6.07, 6.45) is -7.22. The third-order valence-electron chi connectivity index (χ3n) is 6.28. The van der Waals surface area contributed by atoms with Crippen LogP contribution in [0.3, 0.4) is 0 Å². The molecule has 218 valence electrons. The van der Waals surface area contributed by atoms with Crippen LogP contribution in [0.4, 0.5) is 33.7 Å². The Morgan fingerprint density at radius 3 is 2.32 bits per heavy atom. The maximum Gasteiger partial charge on any atom is 0.432 e. The molecule has 0 aliphatic carbocycles. The zero-order chi connectivity index (χ0) is 30.0. The predicted molar refractivity (Wildman–Crippen MR) is 140 cm³/mol. The summed E-state index contributed by atoms with van der Waals surface area (Å²) in [5.41, 5.74) is -3.42. The Labute approximate surface area is 233 Å². The Morgan fingerprint density at radius 1 is 1.05 bits per heavy atom. The van der Waals surface area contributed by atoms with Crippen molar-refractivity contribution < 1.29 is 45.0 Å². The van der Waals surface area contributed by atoms with Crippen LogP contribution in [-0.4, -0.2) is 45.8 Å². The molecule has 4 rings (SSSR count). The SMILES string of the molecule is CC(=O)NCC1CN(S(=O)(=O)c2ccc(F)cc2)c2cc(NC(=O)OC(C)(c3ccccc3)C(F)(F)F)ccc2O1. The Kier molecular flexibility index (Phi) is 8.15. The fourth-order valence-electron chi connectivity index (χ4n) is 4.08. The predicted octanol–water partition coefficient (Wildman–Crippen LogP) is 4.94. The number of fused-ring (bicyclic) bond motifs is 1. The molecule has 2 unspecified atom stereocenters. The molecule has 1 aliphatic heterocycles. The van der Waals surface area contributed by atoms with Crippen LogP contribution in [0.1, 0.15) is 19.4 Å². The van der Waals surface area contributed by atoms with Gasteiger partial charge in [-0.15, -0.1) is 0 Å². The quantitative estimate of drug-likeness (QED) is 0.374. The Morgan fingerprint density at radius 2 is 1.71 bits per heavy atom. The minimum atomic E-state index is -4.96. The minimum Gasteiger partial charge on any atom is -0.484 e. The molecule has 41 heavy (non-hydrogen) atoms. The van der Waals surface area contributed by atoms with Crippen LogP contribution in [-0.2, 0) is 25.2 Å². The maximum atomic E-state index is 14.0. The smallest absolute Gasteiger partial charge is 0.432 e. The van der Waals surface area contributed by atoms with Crippen molar-refractivity contribution in [2.24, 2.45) is 0 Å². The zero-order valence-corrected chi connectivity index (χ0v) is 22.6. The van der Waals surface area contributed by atoms with Gasteiger partial charge in [0, 0.05) is 18.2 Å². The molecule has 0 aromatic heterocycles. The summed E-state index contributed by atoms with van der Waals surface area (Å²) in [4.78, 5) is 23.8. The number of sulfonamides is 1. The lowest BCUT2D eigenvalue weighted by atomic mass is 9.95. The number of carbonyl (C=O) groups is 2. The van der Waals surface area contributed by atoms with Gasteiger partial charge >= 0.3 is 12.3 Å². The lowest BCUT2D eigenvalue weighted by molar-refractivity contribution is -0.256. The molecule has 3 aromatic rings. The summed E-state index contributed by atoms with van der Waals surface area (Å²) in [6, 6.07) is 14.5. The van der Waals surface area contributed by atoms with Gasteiger partial charge < -0.3 is 14.8 Å². The standard InChI is InChI=1S/C27H25F4N3O6S/c1-17(35)32-15-21-16-34(41(37,38)22-11-8-19(28)9-12-22)23-14-20(10-13-24(23)39-21)33-25(36)40-26(2,27(29,30)31)18-6-4-3-5-7-18/h3-14,21H,15-16H2,1-2H3,(H,32,35)(H,33,36). The molecule has 0 fully saturated rings. The summed E-state index contributed by atoms with van der Waals surface area (Å²) < 4.78 is 94.2. The molecule has 0 spiro atoms. The monoisotopic (exact) mass is 595 g/mol. The Hall–Kier alpha value is -4.33. The Balaban J connectivity index is 1.65. The summed E-state index contributed by atoms with van der Waals surface area (Å²) >= 11 is 0. The lowest BCUT2D eigenvalue weighted by Crippen LogP contribution is -2.48. The van der Waals surface area contributed by atoms with E-state index in [-0.39, 0.29) is 46.6 Å². The van der Waals surface area contributed by atoms with Gasteiger partial charge in [-0.3, -0.25) is 14.4 Å². The molecule has 2 atom stereocenters. The van der Waals surface area contributed by atoms with Crippen LogP contribution in [0.5, 0.6) is 5.75 Å². The maximum absolute atomic E-state index is 14.0. The minimum absolute atomic E-state index is 0.0357. The third-order valence-corrected chi connectivity index (χ3v) is 8.07. The van der Waals surface area contributed by atoms with Crippen molar-refractivity contribution in [3.8, 4) is 5.75 Å². The van der Waals surface area contributed by atoms with Crippen molar-refractivity contribution in [3.63, 3.8) is 0 Å². The van der Waals surface area contributed by atoms with Gasteiger partial charge in [0.15, 0.2) is 0 Å². The van der Waals surface area contributed by atoms with E-state index in [1.165, 1.54) is 55.5 Å². The lowest BCUT2D eigenvalue weighted by Gasteiger charge is -2.36. The van der Waals surface area contributed by atoms with Crippen LogP contribution < -0.4 is 19.7 Å². The van der Waals surface area contributed by atoms with Crippen molar-refractivity contribution in [1.29, 1.82) is 0 Å². The number of alkyl halides is 3. The van der Waals surface area contributed by atoms with Gasteiger partial charge in [0.05, 0.1) is 23.7 Å². The second-order valence-corrected chi connectivity index (χ2v) is 11.1. The van der Waals surface area contributed by atoms with Gasteiger partial charge in [0.2, 0.25) is 11.5 Å². The highest BCUT2D eigenvalue weighted by molar-refractivity contribution is 7.92. The van der Waals surface area contributed by atoms with Crippen molar-refractivity contribution in [2.45, 2.75) is 36.6 Å². The number of amides is 2. The number of anilines is 2. The van der Waals surface area contributed by atoms with E-state index in [9.17, 15) is 35.6 Å². The highest BCUT2D eigenvalue weighted by atomic mass is 32.2. The second-order valence-electron chi connectivity index (χ2n) is 9.26. The number of hydrogen-bond donors (Lipinski definition) is 2. The number of hydrogen-bond acceptors (Lipinski definition) is 6.